The molecule has 124 valence electrons. The van der Waals surface area contributed by atoms with Crippen LogP contribution in [0.15, 0.2) is 24.3 Å². The molecule has 1 heterocycles. The summed E-state index contributed by atoms with van der Waals surface area (Å²) in [4.78, 5) is 2.01. The minimum atomic E-state index is -3.37. The molecule has 1 atom stereocenters. The van der Waals surface area contributed by atoms with Crippen molar-refractivity contribution < 1.29 is 17.9 Å². The second-order valence-electron chi connectivity index (χ2n) is 5.56. The van der Waals surface area contributed by atoms with Gasteiger partial charge < -0.3 is 5.11 Å². The Morgan fingerprint density at radius 2 is 1.73 bits per heavy atom. The van der Waals surface area contributed by atoms with E-state index in [4.69, 9.17) is 0 Å². The Morgan fingerprint density at radius 3 is 2.23 bits per heavy atom. The summed E-state index contributed by atoms with van der Waals surface area (Å²) in [5.74, 6) is -0.335. The minimum absolute atomic E-state index is 0.335. The summed E-state index contributed by atoms with van der Waals surface area (Å²) in [6, 6.07) is 5.76. The summed E-state index contributed by atoms with van der Waals surface area (Å²) in [7, 11) is -0.345. The quantitative estimate of drug-likeness (QED) is 0.842. The number of nitrogens with zero attached hydrogens (tertiary/aromatic N) is 3. The highest BCUT2D eigenvalue weighted by atomic mass is 32.2. The van der Waals surface area contributed by atoms with Crippen LogP contribution >= 0.6 is 0 Å². The summed E-state index contributed by atoms with van der Waals surface area (Å²) in [6.45, 7) is 2.32. The van der Waals surface area contributed by atoms with E-state index in [1.807, 2.05) is 4.90 Å². The molecule has 0 aromatic heterocycles. The van der Waals surface area contributed by atoms with Crippen LogP contribution in [0.25, 0.3) is 0 Å². The van der Waals surface area contributed by atoms with E-state index in [2.05, 4.69) is 0 Å². The van der Waals surface area contributed by atoms with Gasteiger partial charge in [-0.2, -0.15) is 17.0 Å². The Labute approximate surface area is 130 Å². The van der Waals surface area contributed by atoms with E-state index < -0.39 is 16.3 Å². The Balaban J connectivity index is 1.88. The van der Waals surface area contributed by atoms with Gasteiger partial charge in [-0.15, -0.1) is 0 Å². The van der Waals surface area contributed by atoms with Crippen molar-refractivity contribution in [1.29, 1.82) is 0 Å². The van der Waals surface area contributed by atoms with E-state index in [0.29, 0.717) is 38.3 Å². The zero-order valence-corrected chi connectivity index (χ0v) is 13.6. The van der Waals surface area contributed by atoms with Crippen LogP contribution in [-0.4, -0.2) is 73.9 Å². The van der Waals surface area contributed by atoms with Gasteiger partial charge in [-0.1, -0.05) is 12.1 Å². The monoisotopic (exact) mass is 331 g/mol. The average Bonchev–Trinajstić information content (AvgIpc) is 2.48. The third-order valence-corrected chi connectivity index (χ3v) is 5.75. The first-order valence-electron chi connectivity index (χ1n) is 7.14. The van der Waals surface area contributed by atoms with Gasteiger partial charge in [0.25, 0.3) is 10.2 Å². The highest BCUT2D eigenvalue weighted by Gasteiger charge is 2.29. The van der Waals surface area contributed by atoms with E-state index in [1.54, 1.807) is 12.1 Å². The van der Waals surface area contributed by atoms with E-state index in [0.717, 1.165) is 0 Å². The molecule has 1 aliphatic heterocycles. The number of aliphatic hydroxyl groups is 1. The van der Waals surface area contributed by atoms with Crippen LogP contribution in [0.4, 0.5) is 4.39 Å². The predicted octanol–water partition coefficient (Wildman–Crippen LogP) is 0.283. The number of halogens is 1. The molecule has 6 nitrogen and oxygen atoms in total. The summed E-state index contributed by atoms with van der Waals surface area (Å²) in [5.41, 5.74) is 0.657. The molecule has 0 amide bonds. The number of aliphatic hydroxyl groups excluding tert-OH is 1. The number of benzene rings is 1. The molecule has 1 aromatic carbocycles. The number of rotatable bonds is 5. The number of hydrogen-bond acceptors (Lipinski definition) is 4. The van der Waals surface area contributed by atoms with Gasteiger partial charge in [0.15, 0.2) is 0 Å². The van der Waals surface area contributed by atoms with E-state index in [9.17, 15) is 17.9 Å². The van der Waals surface area contributed by atoms with Crippen molar-refractivity contribution in [3.8, 4) is 0 Å². The van der Waals surface area contributed by atoms with E-state index >= 15 is 0 Å². The molecule has 1 N–H and O–H groups in total. The zero-order chi connectivity index (χ0) is 16.3. The van der Waals surface area contributed by atoms with Crippen molar-refractivity contribution >= 4 is 10.2 Å². The summed E-state index contributed by atoms with van der Waals surface area (Å²) in [5, 5.41) is 10.2. The Kier molecular flexibility index (Phi) is 5.51. The summed E-state index contributed by atoms with van der Waals surface area (Å²) >= 11 is 0. The smallest absolute Gasteiger partial charge is 0.281 e. The molecule has 0 spiro atoms. The van der Waals surface area contributed by atoms with Crippen LogP contribution in [0.2, 0.25) is 0 Å². The molecular formula is C14H22FN3O3S. The zero-order valence-electron chi connectivity index (χ0n) is 12.8. The summed E-state index contributed by atoms with van der Waals surface area (Å²) in [6.07, 6.45) is -0.711. The highest BCUT2D eigenvalue weighted by molar-refractivity contribution is 7.86. The fourth-order valence-corrected chi connectivity index (χ4v) is 3.50. The molecule has 1 aliphatic rings. The van der Waals surface area contributed by atoms with Gasteiger partial charge >= 0.3 is 0 Å². The van der Waals surface area contributed by atoms with Crippen LogP contribution in [0.3, 0.4) is 0 Å². The lowest BCUT2D eigenvalue weighted by Crippen LogP contribution is -2.52. The molecule has 1 saturated heterocycles. The first kappa shape index (κ1) is 17.3. The topological polar surface area (TPSA) is 64.1 Å². The van der Waals surface area contributed by atoms with Crippen molar-refractivity contribution in [1.82, 2.24) is 13.5 Å². The normalized spacial score (nSPS) is 19.5. The Morgan fingerprint density at radius 1 is 1.18 bits per heavy atom. The number of hydrogen-bond donors (Lipinski definition) is 1. The van der Waals surface area contributed by atoms with Crippen molar-refractivity contribution in [3.63, 3.8) is 0 Å². The first-order chi connectivity index (χ1) is 10.3. The Hall–Kier alpha value is -1.06. The minimum Gasteiger partial charge on any atom is -0.387 e. The molecular weight excluding hydrogens is 309 g/mol. The van der Waals surface area contributed by atoms with Gasteiger partial charge in [-0.3, -0.25) is 4.90 Å². The first-order valence-corrected chi connectivity index (χ1v) is 8.54. The van der Waals surface area contributed by atoms with Crippen molar-refractivity contribution in [3.05, 3.63) is 35.6 Å². The second-order valence-corrected chi connectivity index (χ2v) is 7.70. The lowest BCUT2D eigenvalue weighted by Gasteiger charge is -2.35. The van der Waals surface area contributed by atoms with Crippen molar-refractivity contribution in [2.45, 2.75) is 6.10 Å². The van der Waals surface area contributed by atoms with Gasteiger partial charge in [0.1, 0.15) is 5.82 Å². The third kappa shape index (κ3) is 4.02. The largest absolute Gasteiger partial charge is 0.387 e. The number of piperazine rings is 1. The molecule has 22 heavy (non-hydrogen) atoms. The Bertz CT molecular complexity index is 584. The molecule has 8 heteroatoms. The number of β-amino-alcohol motifs (C(OH)–C–C–N with tert-alkyl or cyclic N) is 1. The molecule has 0 aliphatic carbocycles. The lowest BCUT2D eigenvalue weighted by molar-refractivity contribution is 0.0911. The molecule has 0 bridgehead atoms. The summed E-state index contributed by atoms with van der Waals surface area (Å²) < 4.78 is 39.5. The SMILES string of the molecule is CN(C)S(=O)(=O)N1CCN(C[C@H](O)c2ccc(F)cc2)CC1. The maximum atomic E-state index is 12.9. The van der Waals surface area contributed by atoms with Crippen molar-refractivity contribution in [2.75, 3.05) is 46.8 Å². The fourth-order valence-electron chi connectivity index (χ4n) is 2.41. The van der Waals surface area contributed by atoms with Crippen LogP contribution in [-0.2, 0) is 10.2 Å². The lowest BCUT2D eigenvalue weighted by atomic mass is 10.1. The van der Waals surface area contributed by atoms with Gasteiger partial charge in [0.05, 0.1) is 6.10 Å². The van der Waals surface area contributed by atoms with Gasteiger partial charge in [0.2, 0.25) is 0 Å². The van der Waals surface area contributed by atoms with Crippen molar-refractivity contribution in [2.24, 2.45) is 0 Å². The maximum Gasteiger partial charge on any atom is 0.281 e. The van der Waals surface area contributed by atoms with Crippen LogP contribution in [0.5, 0.6) is 0 Å². The van der Waals surface area contributed by atoms with E-state index in [1.165, 1.54) is 34.8 Å². The van der Waals surface area contributed by atoms with Gasteiger partial charge in [0, 0.05) is 46.8 Å². The molecule has 1 fully saturated rings. The predicted molar refractivity (Wildman–Crippen MR) is 82.0 cm³/mol. The molecule has 0 saturated carbocycles. The van der Waals surface area contributed by atoms with Crippen LogP contribution < -0.4 is 0 Å². The van der Waals surface area contributed by atoms with Crippen LogP contribution in [0, 0.1) is 5.82 Å². The van der Waals surface area contributed by atoms with Gasteiger partial charge in [-0.25, -0.2) is 4.39 Å². The second kappa shape index (κ2) is 7.01. The standard InChI is InChI=1S/C14H22FN3O3S/c1-16(2)22(20,21)18-9-7-17(8-10-18)11-14(19)12-3-5-13(15)6-4-12/h3-6,14,19H,7-11H2,1-2H3/t14-/m0/s1. The third-order valence-electron chi connectivity index (χ3n) is 3.80. The van der Waals surface area contributed by atoms with Crippen LogP contribution in [0.1, 0.15) is 11.7 Å². The fraction of sp³-hybridized carbons (Fsp3) is 0.571. The average molecular weight is 331 g/mol. The van der Waals surface area contributed by atoms with Gasteiger partial charge in [-0.05, 0) is 17.7 Å². The maximum absolute atomic E-state index is 12.9. The highest BCUT2D eigenvalue weighted by Crippen LogP contribution is 2.17. The molecule has 1 aromatic rings. The molecule has 0 unspecified atom stereocenters. The van der Waals surface area contributed by atoms with E-state index in [-0.39, 0.29) is 5.82 Å². The molecule has 2 rings (SSSR count). The molecule has 0 radical (unpaired) electrons.